The van der Waals surface area contributed by atoms with E-state index in [1.165, 1.54) is 5.56 Å². The van der Waals surface area contributed by atoms with E-state index < -0.39 is 0 Å². The Hall–Kier alpha value is -1.37. The molecule has 0 aliphatic heterocycles. The first-order chi connectivity index (χ1) is 8.86. The number of Topliss-reactive ketones (excluding diaryl/α,β-unsaturated/α-hetero) is 1. The molecule has 1 heteroatoms. The summed E-state index contributed by atoms with van der Waals surface area (Å²) < 4.78 is 0. The van der Waals surface area contributed by atoms with E-state index in [1.807, 2.05) is 0 Å². The maximum atomic E-state index is 12.7. The van der Waals surface area contributed by atoms with Gasteiger partial charge in [0.05, 0.1) is 0 Å². The number of hydrogen-bond donors (Lipinski definition) is 0. The number of benzene rings is 1. The average molecular weight is 254 g/mol. The number of ketones is 1. The zero-order valence-electron chi connectivity index (χ0n) is 12.3. The van der Waals surface area contributed by atoms with Gasteiger partial charge in [-0.05, 0) is 48.3 Å². The highest BCUT2D eigenvalue weighted by Gasteiger charge is 2.63. The van der Waals surface area contributed by atoms with E-state index in [0.717, 1.165) is 24.0 Å². The van der Waals surface area contributed by atoms with Gasteiger partial charge in [-0.3, -0.25) is 4.79 Å². The van der Waals surface area contributed by atoms with Crippen LogP contribution in [-0.4, -0.2) is 5.78 Å². The molecular formula is C18H22O. The molecule has 0 unspecified atom stereocenters. The molecule has 1 aromatic carbocycles. The zero-order chi connectivity index (χ0) is 13.8. The molecule has 0 aromatic heterocycles. The molecule has 0 N–H and O–H groups in total. The Labute approximate surface area is 115 Å². The van der Waals surface area contributed by atoms with Crippen molar-refractivity contribution < 1.29 is 4.79 Å². The minimum Gasteiger partial charge on any atom is -0.294 e. The summed E-state index contributed by atoms with van der Waals surface area (Å²) in [5.74, 6) is 0.820. The van der Waals surface area contributed by atoms with Crippen LogP contribution in [0.25, 0.3) is 6.08 Å². The maximum absolute atomic E-state index is 12.7. The minimum atomic E-state index is -0.145. The summed E-state index contributed by atoms with van der Waals surface area (Å²) in [7, 11) is 0. The van der Waals surface area contributed by atoms with Gasteiger partial charge in [-0.1, -0.05) is 50.6 Å². The SMILES string of the molecule is Cc1ccc(/C=C2\C(=O)[C@@]3(C)CC[C@H]2C3(C)C)cc1. The molecule has 2 atom stereocenters. The molecule has 1 nitrogen and oxygen atoms in total. The van der Waals surface area contributed by atoms with Crippen molar-refractivity contribution in [2.24, 2.45) is 16.7 Å². The Balaban J connectivity index is 2.04. The van der Waals surface area contributed by atoms with Crippen molar-refractivity contribution in [1.82, 2.24) is 0 Å². The molecular weight excluding hydrogens is 232 g/mol. The highest BCUT2D eigenvalue weighted by molar-refractivity contribution is 6.07. The summed E-state index contributed by atoms with van der Waals surface area (Å²) in [6.07, 6.45) is 4.33. The monoisotopic (exact) mass is 254 g/mol. The van der Waals surface area contributed by atoms with Crippen molar-refractivity contribution in [2.45, 2.75) is 40.5 Å². The van der Waals surface area contributed by atoms with Gasteiger partial charge < -0.3 is 0 Å². The van der Waals surface area contributed by atoms with Crippen molar-refractivity contribution in [3.63, 3.8) is 0 Å². The van der Waals surface area contributed by atoms with Crippen molar-refractivity contribution in [3.8, 4) is 0 Å². The van der Waals surface area contributed by atoms with E-state index in [1.54, 1.807) is 0 Å². The minimum absolute atomic E-state index is 0.112. The molecule has 0 heterocycles. The first-order valence-electron chi connectivity index (χ1n) is 7.19. The second-order valence-electron chi connectivity index (χ2n) is 6.98. The molecule has 1 aromatic rings. The quantitative estimate of drug-likeness (QED) is 0.679. The number of rotatable bonds is 1. The van der Waals surface area contributed by atoms with E-state index in [4.69, 9.17) is 0 Å². The lowest BCUT2D eigenvalue weighted by Crippen LogP contribution is -2.32. The molecule has 2 aliphatic carbocycles. The second-order valence-corrected chi connectivity index (χ2v) is 6.98. The highest BCUT2D eigenvalue weighted by Crippen LogP contribution is 2.65. The molecule has 0 spiro atoms. The topological polar surface area (TPSA) is 17.1 Å². The summed E-state index contributed by atoms with van der Waals surface area (Å²) >= 11 is 0. The standard InChI is InChI=1S/C18H22O/c1-12-5-7-13(8-6-12)11-14-15-9-10-18(4,16(14)19)17(15,2)3/h5-8,11,15H,9-10H2,1-4H3/b14-11-/t15-,18-/m1/s1. The lowest BCUT2D eigenvalue weighted by Gasteiger charge is -2.31. The van der Waals surface area contributed by atoms with Gasteiger partial charge in [0.1, 0.15) is 0 Å². The summed E-state index contributed by atoms with van der Waals surface area (Å²) in [5.41, 5.74) is 3.44. The zero-order valence-corrected chi connectivity index (χ0v) is 12.3. The van der Waals surface area contributed by atoms with E-state index in [9.17, 15) is 4.79 Å². The van der Waals surface area contributed by atoms with Crippen molar-refractivity contribution >= 4 is 11.9 Å². The van der Waals surface area contributed by atoms with Gasteiger partial charge in [0, 0.05) is 5.41 Å². The summed E-state index contributed by atoms with van der Waals surface area (Å²) in [5, 5.41) is 0. The van der Waals surface area contributed by atoms with Crippen molar-refractivity contribution in [1.29, 1.82) is 0 Å². The Bertz CT molecular complexity index is 562. The molecule has 2 bridgehead atoms. The van der Waals surface area contributed by atoms with Gasteiger partial charge in [-0.15, -0.1) is 0 Å². The molecule has 3 rings (SSSR count). The van der Waals surface area contributed by atoms with E-state index >= 15 is 0 Å². The van der Waals surface area contributed by atoms with Gasteiger partial charge in [0.2, 0.25) is 0 Å². The smallest absolute Gasteiger partial charge is 0.165 e. The van der Waals surface area contributed by atoms with Crippen LogP contribution in [0.4, 0.5) is 0 Å². The van der Waals surface area contributed by atoms with Gasteiger partial charge in [-0.2, -0.15) is 0 Å². The van der Waals surface area contributed by atoms with E-state index in [2.05, 4.69) is 58.0 Å². The van der Waals surface area contributed by atoms with E-state index in [0.29, 0.717) is 11.7 Å². The van der Waals surface area contributed by atoms with Crippen LogP contribution in [0.2, 0.25) is 0 Å². The average Bonchev–Trinajstić information content (AvgIpc) is 2.66. The Morgan fingerprint density at radius 2 is 1.79 bits per heavy atom. The molecule has 100 valence electrons. The fourth-order valence-electron chi connectivity index (χ4n) is 3.94. The molecule has 0 radical (unpaired) electrons. The molecule has 2 aliphatic rings. The Morgan fingerprint density at radius 1 is 1.16 bits per heavy atom. The van der Waals surface area contributed by atoms with Crippen LogP contribution in [0.1, 0.15) is 44.7 Å². The van der Waals surface area contributed by atoms with Crippen LogP contribution in [0.15, 0.2) is 29.8 Å². The fraction of sp³-hybridized carbons (Fsp3) is 0.500. The van der Waals surface area contributed by atoms with Crippen LogP contribution < -0.4 is 0 Å². The number of carbonyl (C=O) groups is 1. The third-order valence-corrected chi connectivity index (χ3v) is 5.76. The van der Waals surface area contributed by atoms with Crippen LogP contribution in [-0.2, 0) is 4.79 Å². The molecule has 19 heavy (non-hydrogen) atoms. The third-order valence-electron chi connectivity index (χ3n) is 5.76. The van der Waals surface area contributed by atoms with Crippen LogP contribution in [0.5, 0.6) is 0 Å². The van der Waals surface area contributed by atoms with Gasteiger partial charge in [0.25, 0.3) is 0 Å². The van der Waals surface area contributed by atoms with Crippen LogP contribution in [0.3, 0.4) is 0 Å². The Morgan fingerprint density at radius 3 is 2.32 bits per heavy atom. The van der Waals surface area contributed by atoms with Gasteiger partial charge in [-0.25, -0.2) is 0 Å². The normalized spacial score (nSPS) is 34.2. The molecule has 0 saturated heterocycles. The first-order valence-corrected chi connectivity index (χ1v) is 7.19. The molecule has 2 fully saturated rings. The summed E-state index contributed by atoms with van der Waals surface area (Å²) in [6, 6.07) is 8.43. The molecule has 2 saturated carbocycles. The van der Waals surface area contributed by atoms with E-state index in [-0.39, 0.29) is 10.8 Å². The largest absolute Gasteiger partial charge is 0.294 e. The highest BCUT2D eigenvalue weighted by atomic mass is 16.1. The number of aryl methyl sites for hydroxylation is 1. The van der Waals surface area contributed by atoms with Gasteiger partial charge >= 0.3 is 0 Å². The second kappa shape index (κ2) is 3.82. The predicted molar refractivity (Wildman–Crippen MR) is 78.8 cm³/mol. The Kier molecular flexibility index (Phi) is 2.54. The number of allylic oxidation sites excluding steroid dienone is 1. The van der Waals surface area contributed by atoms with Crippen LogP contribution in [0, 0.1) is 23.7 Å². The van der Waals surface area contributed by atoms with Crippen molar-refractivity contribution in [3.05, 3.63) is 41.0 Å². The first kappa shape index (κ1) is 12.7. The maximum Gasteiger partial charge on any atom is 0.165 e. The number of fused-ring (bicyclic) bond motifs is 2. The number of carbonyl (C=O) groups excluding carboxylic acids is 1. The summed E-state index contributed by atoms with van der Waals surface area (Å²) in [4.78, 5) is 12.7. The fourth-order valence-corrected chi connectivity index (χ4v) is 3.94. The summed E-state index contributed by atoms with van der Waals surface area (Å²) in [6.45, 7) is 8.77. The third kappa shape index (κ3) is 1.57. The van der Waals surface area contributed by atoms with Crippen molar-refractivity contribution in [2.75, 3.05) is 0 Å². The number of hydrogen-bond acceptors (Lipinski definition) is 1. The van der Waals surface area contributed by atoms with Gasteiger partial charge in [0.15, 0.2) is 5.78 Å². The lowest BCUT2D eigenvalue weighted by atomic mass is 9.70. The van der Waals surface area contributed by atoms with Crippen LogP contribution >= 0.6 is 0 Å². The molecule has 0 amide bonds. The lowest BCUT2D eigenvalue weighted by molar-refractivity contribution is -0.125. The predicted octanol–water partition coefficient (Wildman–Crippen LogP) is 4.40.